The molecule has 5 saturated carbocycles. The number of nitrogens with zero attached hydrogens (tertiary/aromatic N) is 1. The van der Waals surface area contributed by atoms with Gasteiger partial charge in [0.15, 0.2) is 6.29 Å². The Morgan fingerprint density at radius 2 is 1.82 bits per heavy atom. The lowest BCUT2D eigenvalue weighted by molar-refractivity contribution is -0.247. The van der Waals surface area contributed by atoms with E-state index in [-0.39, 0.29) is 36.1 Å². The van der Waals surface area contributed by atoms with Crippen molar-refractivity contribution < 1.29 is 24.1 Å². The third kappa shape index (κ3) is 3.87. The lowest BCUT2D eigenvalue weighted by Gasteiger charge is -2.60. The van der Waals surface area contributed by atoms with Crippen molar-refractivity contribution in [1.29, 1.82) is 0 Å². The van der Waals surface area contributed by atoms with Crippen LogP contribution in [0.5, 0.6) is 0 Å². The summed E-state index contributed by atoms with van der Waals surface area (Å²) < 4.78 is 19.6. The summed E-state index contributed by atoms with van der Waals surface area (Å²) in [6.45, 7) is 13.8. The zero-order valence-corrected chi connectivity index (χ0v) is 25.8. The van der Waals surface area contributed by atoms with E-state index in [4.69, 9.17) is 14.2 Å². The molecule has 0 amide bonds. The van der Waals surface area contributed by atoms with E-state index in [1.54, 1.807) is 0 Å². The zero-order valence-electron chi connectivity index (χ0n) is 25.8. The topological polar surface area (TPSA) is 68.2 Å². The number of carbonyl (C=O) groups excluding carboxylic acids is 1. The van der Waals surface area contributed by atoms with Gasteiger partial charge >= 0.3 is 0 Å². The third-order valence-electron chi connectivity index (χ3n) is 14.5. The summed E-state index contributed by atoms with van der Waals surface area (Å²) in [6, 6.07) is -0.0287. The van der Waals surface area contributed by atoms with Crippen molar-refractivity contribution in [3.05, 3.63) is 0 Å². The zero-order chi connectivity index (χ0) is 28.1. The molecule has 2 saturated heterocycles. The quantitative estimate of drug-likeness (QED) is 0.429. The number of aldehydes is 1. The standard InChI is InChI=1S/C34H55NO5/c1-6-22(19-36)35-15-16-38-30(18-35)40-29-11-12-34-20-33(34)14-13-32(5)24-7-9-26(21(2)37)39-27(24)17-25(32)23(33)8-10-28(34)31(29,3)4/h19,21-30,37H,6-18,20H2,1-5H3. The Balaban J connectivity index is 1.06. The SMILES string of the molecule is CCC(C=O)N1CCOC(OC2CCC34CC35CCC3(C)C6CCC(C(C)O)OC6CC3C5CCC4C2(C)C)C1. The van der Waals surface area contributed by atoms with Crippen LogP contribution in [0.2, 0.25) is 0 Å². The van der Waals surface area contributed by atoms with Gasteiger partial charge in [0.2, 0.25) is 0 Å². The van der Waals surface area contributed by atoms with E-state index < -0.39 is 0 Å². The minimum atomic E-state index is -0.357. The predicted molar refractivity (Wildman–Crippen MR) is 154 cm³/mol. The molecule has 0 aromatic carbocycles. The lowest BCUT2D eigenvalue weighted by atomic mass is 9.46. The van der Waals surface area contributed by atoms with Gasteiger partial charge in [-0.15, -0.1) is 0 Å². The monoisotopic (exact) mass is 557 g/mol. The summed E-state index contributed by atoms with van der Waals surface area (Å²) in [6.07, 6.45) is 14.8. The number of rotatable bonds is 6. The molecule has 40 heavy (non-hydrogen) atoms. The number of aliphatic hydroxyl groups is 1. The molecule has 7 aliphatic rings. The number of hydrogen-bond donors (Lipinski definition) is 1. The molecule has 6 nitrogen and oxygen atoms in total. The first-order valence-electron chi connectivity index (χ1n) is 16.9. The number of ether oxygens (including phenoxy) is 3. The van der Waals surface area contributed by atoms with Crippen molar-refractivity contribution >= 4 is 6.29 Å². The summed E-state index contributed by atoms with van der Waals surface area (Å²) in [4.78, 5) is 13.9. The Bertz CT molecular complexity index is 985. The molecule has 6 heteroatoms. The van der Waals surface area contributed by atoms with Crippen LogP contribution in [-0.2, 0) is 19.0 Å². The normalized spacial score (nSPS) is 52.8. The van der Waals surface area contributed by atoms with Crippen LogP contribution in [0.3, 0.4) is 0 Å². The molecule has 13 atom stereocenters. The second-order valence-electron chi connectivity index (χ2n) is 16.1. The first-order valence-corrected chi connectivity index (χ1v) is 16.9. The molecule has 5 aliphatic carbocycles. The van der Waals surface area contributed by atoms with Crippen molar-refractivity contribution in [1.82, 2.24) is 4.90 Å². The Kier molecular flexibility index (Phi) is 6.88. The van der Waals surface area contributed by atoms with Gasteiger partial charge in [-0.3, -0.25) is 4.90 Å². The van der Waals surface area contributed by atoms with Crippen LogP contribution in [0.15, 0.2) is 0 Å². The van der Waals surface area contributed by atoms with Crippen LogP contribution in [0.1, 0.15) is 105 Å². The fraction of sp³-hybridized carbons (Fsp3) is 0.971. The molecule has 2 spiro atoms. The molecular formula is C34H55NO5. The van der Waals surface area contributed by atoms with Crippen LogP contribution >= 0.6 is 0 Å². The van der Waals surface area contributed by atoms with Crippen LogP contribution < -0.4 is 0 Å². The van der Waals surface area contributed by atoms with Gasteiger partial charge in [0, 0.05) is 6.54 Å². The lowest BCUT2D eigenvalue weighted by Crippen LogP contribution is -2.56. The van der Waals surface area contributed by atoms with Gasteiger partial charge in [-0.2, -0.15) is 0 Å². The molecule has 1 N–H and O–H groups in total. The Morgan fingerprint density at radius 1 is 1.02 bits per heavy atom. The number of fused-ring (bicyclic) bond motifs is 4. The van der Waals surface area contributed by atoms with Crippen LogP contribution in [0.4, 0.5) is 0 Å². The van der Waals surface area contributed by atoms with Gasteiger partial charge in [-0.25, -0.2) is 0 Å². The van der Waals surface area contributed by atoms with E-state index >= 15 is 0 Å². The van der Waals surface area contributed by atoms with E-state index in [1.165, 1.54) is 51.4 Å². The second kappa shape index (κ2) is 9.74. The average Bonchev–Trinajstić information content (AvgIpc) is 3.51. The summed E-state index contributed by atoms with van der Waals surface area (Å²) in [5.74, 6) is 3.03. The highest BCUT2D eigenvalue weighted by Gasteiger charge is 2.80. The molecule has 0 aromatic heterocycles. The highest BCUT2D eigenvalue weighted by molar-refractivity contribution is 5.57. The van der Waals surface area contributed by atoms with Crippen molar-refractivity contribution in [3.8, 4) is 0 Å². The predicted octanol–water partition coefficient (Wildman–Crippen LogP) is 5.59. The van der Waals surface area contributed by atoms with Crippen molar-refractivity contribution in [2.24, 2.45) is 45.3 Å². The Labute approximate surface area is 242 Å². The minimum Gasteiger partial charge on any atom is -0.391 e. The first kappa shape index (κ1) is 28.3. The average molecular weight is 558 g/mol. The Hall–Kier alpha value is -0.530. The molecule has 13 unspecified atom stereocenters. The molecule has 2 heterocycles. The van der Waals surface area contributed by atoms with Gasteiger partial charge < -0.3 is 24.1 Å². The van der Waals surface area contributed by atoms with Gasteiger partial charge in [-0.05, 0) is 123 Å². The number of aliphatic hydroxyl groups excluding tert-OH is 1. The maximum atomic E-state index is 11.6. The van der Waals surface area contributed by atoms with Crippen LogP contribution in [0, 0.1) is 45.3 Å². The Morgan fingerprint density at radius 3 is 2.58 bits per heavy atom. The maximum absolute atomic E-state index is 11.6. The van der Waals surface area contributed by atoms with Crippen molar-refractivity contribution in [3.63, 3.8) is 0 Å². The summed E-state index contributed by atoms with van der Waals surface area (Å²) in [7, 11) is 0. The highest BCUT2D eigenvalue weighted by atomic mass is 16.7. The van der Waals surface area contributed by atoms with E-state index in [0.29, 0.717) is 41.4 Å². The largest absolute Gasteiger partial charge is 0.391 e. The van der Waals surface area contributed by atoms with Gasteiger partial charge in [0.05, 0.1) is 43.6 Å². The van der Waals surface area contributed by atoms with Gasteiger partial charge in [0.25, 0.3) is 0 Å². The molecule has 226 valence electrons. The molecule has 0 bridgehead atoms. The van der Waals surface area contributed by atoms with Crippen molar-refractivity contribution in [2.45, 2.75) is 142 Å². The molecular weight excluding hydrogens is 502 g/mol. The first-order chi connectivity index (χ1) is 19.1. The van der Waals surface area contributed by atoms with Crippen LogP contribution in [0.25, 0.3) is 0 Å². The highest BCUT2D eigenvalue weighted by Crippen LogP contribution is 2.87. The second-order valence-corrected chi connectivity index (χ2v) is 16.1. The summed E-state index contributed by atoms with van der Waals surface area (Å²) >= 11 is 0. The molecule has 7 rings (SSSR count). The maximum Gasteiger partial charge on any atom is 0.170 e. The molecule has 7 fully saturated rings. The van der Waals surface area contributed by atoms with E-state index in [0.717, 1.165) is 49.8 Å². The minimum absolute atomic E-state index is 0.0287. The van der Waals surface area contributed by atoms with Gasteiger partial charge in [-0.1, -0.05) is 27.7 Å². The van der Waals surface area contributed by atoms with E-state index in [2.05, 4.69) is 32.6 Å². The number of carbonyl (C=O) groups is 1. The van der Waals surface area contributed by atoms with Crippen LogP contribution in [-0.4, -0.2) is 72.7 Å². The summed E-state index contributed by atoms with van der Waals surface area (Å²) in [5, 5.41) is 10.3. The number of hydrogen-bond acceptors (Lipinski definition) is 6. The molecule has 2 aliphatic heterocycles. The van der Waals surface area contributed by atoms with Crippen molar-refractivity contribution in [2.75, 3.05) is 19.7 Å². The fourth-order valence-corrected chi connectivity index (χ4v) is 12.5. The molecule has 0 aromatic rings. The third-order valence-corrected chi connectivity index (χ3v) is 14.5. The summed E-state index contributed by atoms with van der Waals surface area (Å²) in [5.41, 5.74) is 1.58. The smallest absolute Gasteiger partial charge is 0.170 e. The van der Waals surface area contributed by atoms with Gasteiger partial charge in [0.1, 0.15) is 6.29 Å². The molecule has 0 radical (unpaired) electrons. The fourth-order valence-electron chi connectivity index (χ4n) is 12.5. The number of morpholine rings is 1. The van der Waals surface area contributed by atoms with E-state index in [9.17, 15) is 9.90 Å². The van der Waals surface area contributed by atoms with E-state index in [1.807, 2.05) is 6.92 Å².